The number of fused-ring (bicyclic) bond motifs is 1. The van der Waals surface area contributed by atoms with Crippen molar-refractivity contribution in [1.82, 2.24) is 10.3 Å². The fourth-order valence-corrected chi connectivity index (χ4v) is 2.10. The van der Waals surface area contributed by atoms with Crippen LogP contribution >= 0.6 is 11.8 Å². The molecule has 0 radical (unpaired) electrons. The number of hydrogen-bond acceptors (Lipinski definition) is 3. The first-order valence-electron chi connectivity index (χ1n) is 5.05. The maximum atomic E-state index is 4.18. The second-order valence-electron chi connectivity index (χ2n) is 3.25. The fraction of sp³-hybridized carbons (Fsp3) is 0.250. The average molecular weight is 218 g/mol. The number of nitrogens with one attached hydrogen (secondary N) is 1. The monoisotopic (exact) mass is 218 g/mol. The largest absolute Gasteiger partial charge is 0.307 e. The molecule has 0 unspecified atom stereocenters. The number of pyridine rings is 1. The van der Waals surface area contributed by atoms with Gasteiger partial charge in [-0.15, -0.1) is 11.8 Å². The quantitative estimate of drug-likeness (QED) is 0.735. The number of thioether (sulfide) groups is 1. The Balaban J connectivity index is 0.000000144. The van der Waals surface area contributed by atoms with E-state index in [0.717, 1.165) is 5.52 Å². The molecule has 0 spiro atoms. The first-order chi connectivity index (χ1) is 7.47. The number of benzene rings is 1. The molecule has 0 aliphatic carbocycles. The van der Waals surface area contributed by atoms with Crippen LogP contribution in [0.4, 0.5) is 0 Å². The zero-order chi connectivity index (χ0) is 10.3. The Kier molecular flexibility index (Phi) is 4.00. The lowest BCUT2D eigenvalue weighted by Gasteiger charge is -1.91. The summed E-state index contributed by atoms with van der Waals surface area (Å²) in [7, 11) is 0. The van der Waals surface area contributed by atoms with Gasteiger partial charge in [0, 0.05) is 29.8 Å². The van der Waals surface area contributed by atoms with Crippen LogP contribution < -0.4 is 5.32 Å². The number of para-hydroxylation sites is 1. The lowest BCUT2D eigenvalue weighted by atomic mass is 10.2. The molecule has 0 amide bonds. The van der Waals surface area contributed by atoms with E-state index in [2.05, 4.69) is 22.4 Å². The third kappa shape index (κ3) is 3.22. The van der Waals surface area contributed by atoms with Gasteiger partial charge in [-0.1, -0.05) is 24.3 Å². The molecule has 2 nitrogen and oxygen atoms in total. The van der Waals surface area contributed by atoms with Crippen molar-refractivity contribution in [1.29, 1.82) is 0 Å². The van der Waals surface area contributed by atoms with Crippen LogP contribution in [0.3, 0.4) is 0 Å². The SMILES string of the molecule is C1CSCN1.c1ccc2ncccc2c1. The summed E-state index contributed by atoms with van der Waals surface area (Å²) >= 11 is 1.96. The van der Waals surface area contributed by atoms with Crippen LogP contribution in [0.2, 0.25) is 0 Å². The third-order valence-corrected chi connectivity index (χ3v) is 3.04. The van der Waals surface area contributed by atoms with Crippen molar-refractivity contribution >= 4 is 22.7 Å². The van der Waals surface area contributed by atoms with Crippen molar-refractivity contribution in [2.45, 2.75) is 0 Å². The van der Waals surface area contributed by atoms with Crippen molar-refractivity contribution in [3.8, 4) is 0 Å². The Hall–Kier alpha value is -1.06. The van der Waals surface area contributed by atoms with Crippen LogP contribution in [0, 0.1) is 0 Å². The highest BCUT2D eigenvalue weighted by molar-refractivity contribution is 7.99. The van der Waals surface area contributed by atoms with E-state index < -0.39 is 0 Å². The second kappa shape index (κ2) is 5.73. The average Bonchev–Trinajstić information content (AvgIpc) is 2.88. The standard InChI is InChI=1S/C9H7N.C3H7NS/c1-2-6-9-8(4-1)5-3-7-10-9;1-2-5-3-4-1/h1-7H;4H,1-3H2. The number of rotatable bonds is 0. The molecule has 0 saturated carbocycles. The first kappa shape index (κ1) is 10.5. The van der Waals surface area contributed by atoms with Crippen molar-refractivity contribution < 1.29 is 0 Å². The Morgan fingerprint density at radius 3 is 2.67 bits per heavy atom. The molecule has 1 saturated heterocycles. The topological polar surface area (TPSA) is 24.9 Å². The lowest BCUT2D eigenvalue weighted by Crippen LogP contribution is -2.04. The van der Waals surface area contributed by atoms with E-state index >= 15 is 0 Å². The maximum absolute atomic E-state index is 4.18. The van der Waals surface area contributed by atoms with Gasteiger partial charge >= 0.3 is 0 Å². The van der Waals surface area contributed by atoms with Gasteiger partial charge in [0.1, 0.15) is 0 Å². The van der Waals surface area contributed by atoms with Gasteiger partial charge in [-0.05, 0) is 12.1 Å². The smallest absolute Gasteiger partial charge is 0.0701 e. The Morgan fingerprint density at radius 1 is 1.13 bits per heavy atom. The minimum absolute atomic E-state index is 1.06. The van der Waals surface area contributed by atoms with Crippen LogP contribution in [-0.2, 0) is 0 Å². The van der Waals surface area contributed by atoms with E-state index in [0.29, 0.717) is 0 Å². The summed E-state index contributed by atoms with van der Waals surface area (Å²) in [5.74, 6) is 2.47. The van der Waals surface area contributed by atoms with Crippen LogP contribution in [0.15, 0.2) is 42.6 Å². The van der Waals surface area contributed by atoms with Gasteiger partial charge in [0.25, 0.3) is 0 Å². The molecule has 1 N–H and O–H groups in total. The van der Waals surface area contributed by atoms with Crippen molar-refractivity contribution in [2.24, 2.45) is 0 Å². The highest BCUT2D eigenvalue weighted by Crippen LogP contribution is 2.07. The van der Waals surface area contributed by atoms with Gasteiger partial charge in [0.15, 0.2) is 0 Å². The molecular formula is C12H14N2S. The van der Waals surface area contributed by atoms with Crippen LogP contribution in [-0.4, -0.2) is 23.2 Å². The molecule has 15 heavy (non-hydrogen) atoms. The zero-order valence-electron chi connectivity index (χ0n) is 8.52. The summed E-state index contributed by atoms with van der Waals surface area (Å²) in [5, 5.41) is 4.38. The highest BCUT2D eigenvalue weighted by atomic mass is 32.2. The van der Waals surface area contributed by atoms with E-state index in [4.69, 9.17) is 0 Å². The van der Waals surface area contributed by atoms with Crippen molar-refractivity contribution in [3.05, 3.63) is 42.6 Å². The Labute approximate surface area is 94.1 Å². The van der Waals surface area contributed by atoms with Crippen LogP contribution in [0.25, 0.3) is 10.9 Å². The van der Waals surface area contributed by atoms with Gasteiger partial charge in [-0.2, -0.15) is 0 Å². The molecule has 1 aromatic carbocycles. The van der Waals surface area contributed by atoms with E-state index in [-0.39, 0.29) is 0 Å². The summed E-state index contributed by atoms with van der Waals surface area (Å²) in [5.41, 5.74) is 1.06. The molecule has 0 atom stereocenters. The minimum atomic E-state index is 1.06. The zero-order valence-corrected chi connectivity index (χ0v) is 9.33. The van der Waals surface area contributed by atoms with Gasteiger partial charge in [0.05, 0.1) is 5.52 Å². The molecular weight excluding hydrogens is 204 g/mol. The fourth-order valence-electron chi connectivity index (χ4n) is 1.38. The number of nitrogens with zero attached hydrogens (tertiary/aromatic N) is 1. The molecule has 3 heteroatoms. The lowest BCUT2D eigenvalue weighted by molar-refractivity contribution is 0.885. The Bertz CT molecular complexity index is 340. The van der Waals surface area contributed by atoms with Crippen LogP contribution in [0.1, 0.15) is 0 Å². The molecule has 2 heterocycles. The van der Waals surface area contributed by atoms with E-state index in [9.17, 15) is 0 Å². The predicted molar refractivity (Wildman–Crippen MR) is 67.1 cm³/mol. The van der Waals surface area contributed by atoms with Gasteiger partial charge in [-0.3, -0.25) is 4.98 Å². The van der Waals surface area contributed by atoms with Gasteiger partial charge in [0.2, 0.25) is 0 Å². The second-order valence-corrected chi connectivity index (χ2v) is 4.35. The van der Waals surface area contributed by atoms with E-state index in [1.54, 1.807) is 0 Å². The molecule has 78 valence electrons. The molecule has 1 aromatic heterocycles. The molecule has 2 aromatic rings. The first-order valence-corrected chi connectivity index (χ1v) is 6.20. The number of hydrogen-bond donors (Lipinski definition) is 1. The normalized spacial score (nSPS) is 14.7. The summed E-state index contributed by atoms with van der Waals surface area (Å²) in [6.45, 7) is 1.21. The summed E-state index contributed by atoms with van der Waals surface area (Å²) in [6, 6.07) is 12.1. The Morgan fingerprint density at radius 2 is 2.00 bits per heavy atom. The van der Waals surface area contributed by atoms with Crippen molar-refractivity contribution in [3.63, 3.8) is 0 Å². The molecule has 1 fully saturated rings. The highest BCUT2D eigenvalue weighted by Gasteiger charge is 1.93. The van der Waals surface area contributed by atoms with Crippen molar-refractivity contribution in [2.75, 3.05) is 18.2 Å². The predicted octanol–water partition coefficient (Wildman–Crippen LogP) is 2.52. The minimum Gasteiger partial charge on any atom is -0.307 e. The molecule has 3 rings (SSSR count). The van der Waals surface area contributed by atoms with Crippen LogP contribution in [0.5, 0.6) is 0 Å². The molecule has 1 aliphatic heterocycles. The van der Waals surface area contributed by atoms with E-state index in [1.165, 1.54) is 23.6 Å². The summed E-state index contributed by atoms with van der Waals surface area (Å²) in [6.07, 6.45) is 1.81. The van der Waals surface area contributed by atoms with E-state index in [1.807, 2.05) is 42.2 Å². The third-order valence-electron chi connectivity index (χ3n) is 2.14. The van der Waals surface area contributed by atoms with Gasteiger partial charge < -0.3 is 5.32 Å². The molecule has 1 aliphatic rings. The number of aromatic nitrogens is 1. The summed E-state index contributed by atoms with van der Waals surface area (Å²) < 4.78 is 0. The van der Waals surface area contributed by atoms with Gasteiger partial charge in [-0.25, -0.2) is 0 Å². The maximum Gasteiger partial charge on any atom is 0.0701 e. The summed E-state index contributed by atoms with van der Waals surface area (Å²) in [4.78, 5) is 4.18. The molecule has 0 bridgehead atoms.